The first kappa shape index (κ1) is 19.3. The van der Waals surface area contributed by atoms with E-state index in [0.717, 1.165) is 41.8 Å². The maximum atomic E-state index is 13.0. The van der Waals surface area contributed by atoms with E-state index in [1.807, 2.05) is 35.2 Å². The van der Waals surface area contributed by atoms with E-state index in [2.05, 4.69) is 11.4 Å². The number of para-hydroxylation sites is 1. The number of benzene rings is 1. The number of carbonyl (C=O) groups excluding carboxylic acids is 1. The zero-order chi connectivity index (χ0) is 17.2. The fraction of sp³-hybridized carbons (Fsp3) is 0.316. The average molecular weight is 409 g/mol. The molecule has 1 aromatic carbocycles. The lowest BCUT2D eigenvalue weighted by molar-refractivity contribution is 0.0757. The fourth-order valence-electron chi connectivity index (χ4n) is 3.26. The predicted molar refractivity (Wildman–Crippen MR) is 110 cm³/mol. The van der Waals surface area contributed by atoms with Crippen molar-refractivity contribution in [3.63, 3.8) is 0 Å². The van der Waals surface area contributed by atoms with Crippen molar-refractivity contribution in [2.24, 2.45) is 11.7 Å². The summed E-state index contributed by atoms with van der Waals surface area (Å²) < 4.78 is 7.22. The molecule has 1 atom stereocenters. The Labute approximate surface area is 167 Å². The molecule has 1 aliphatic heterocycles. The van der Waals surface area contributed by atoms with Crippen molar-refractivity contribution in [1.29, 1.82) is 0 Å². The van der Waals surface area contributed by atoms with E-state index in [0.29, 0.717) is 18.2 Å². The van der Waals surface area contributed by atoms with E-state index in [1.165, 1.54) is 4.21 Å². The van der Waals surface area contributed by atoms with E-state index < -0.39 is 0 Å². The van der Waals surface area contributed by atoms with Gasteiger partial charge in [0.1, 0.15) is 5.58 Å². The van der Waals surface area contributed by atoms with E-state index in [9.17, 15) is 4.79 Å². The summed E-state index contributed by atoms with van der Waals surface area (Å²) in [6.07, 6.45) is 0.974. The van der Waals surface area contributed by atoms with E-state index in [4.69, 9.17) is 10.2 Å². The van der Waals surface area contributed by atoms with Gasteiger partial charge < -0.3 is 15.1 Å². The van der Waals surface area contributed by atoms with Crippen LogP contribution in [0.15, 0.2) is 50.4 Å². The molecule has 138 valence electrons. The van der Waals surface area contributed by atoms with Crippen molar-refractivity contribution in [3.05, 3.63) is 53.1 Å². The Kier molecular flexibility index (Phi) is 6.29. The monoisotopic (exact) mass is 408 g/mol. The van der Waals surface area contributed by atoms with Crippen LogP contribution in [0, 0.1) is 5.92 Å². The second kappa shape index (κ2) is 8.48. The SMILES string of the molecule is Cl.NCC1CCN(C(=O)c2oc3ccccc3c2CSc2cccs2)C1. The van der Waals surface area contributed by atoms with Crippen molar-refractivity contribution in [3.8, 4) is 0 Å². The van der Waals surface area contributed by atoms with Crippen LogP contribution in [0.4, 0.5) is 0 Å². The zero-order valence-corrected chi connectivity index (χ0v) is 16.7. The maximum Gasteiger partial charge on any atom is 0.289 e. The number of thioether (sulfide) groups is 1. The molecule has 26 heavy (non-hydrogen) atoms. The molecule has 7 heteroatoms. The third kappa shape index (κ3) is 3.78. The highest BCUT2D eigenvalue weighted by atomic mass is 35.5. The Morgan fingerprint density at radius 1 is 1.31 bits per heavy atom. The molecule has 0 saturated carbocycles. The van der Waals surface area contributed by atoms with Crippen molar-refractivity contribution in [2.75, 3.05) is 19.6 Å². The lowest BCUT2D eigenvalue weighted by atomic mass is 10.1. The highest BCUT2D eigenvalue weighted by Crippen LogP contribution is 2.34. The molecule has 2 aromatic heterocycles. The summed E-state index contributed by atoms with van der Waals surface area (Å²) in [5, 5.41) is 3.10. The van der Waals surface area contributed by atoms with Gasteiger partial charge in [-0.05, 0) is 36.4 Å². The minimum Gasteiger partial charge on any atom is -0.451 e. The molecule has 4 rings (SSSR count). The molecule has 1 unspecified atom stereocenters. The molecule has 1 amide bonds. The number of hydrogen-bond donors (Lipinski definition) is 1. The van der Waals surface area contributed by atoms with Crippen LogP contribution >= 0.6 is 35.5 Å². The first-order valence-corrected chi connectivity index (χ1v) is 10.3. The number of amides is 1. The van der Waals surface area contributed by atoms with Crippen molar-refractivity contribution in [1.82, 2.24) is 4.90 Å². The van der Waals surface area contributed by atoms with Crippen molar-refractivity contribution < 1.29 is 9.21 Å². The molecule has 0 aliphatic carbocycles. The molecule has 0 bridgehead atoms. The van der Waals surface area contributed by atoms with Crippen molar-refractivity contribution in [2.45, 2.75) is 16.4 Å². The lowest BCUT2D eigenvalue weighted by Gasteiger charge is -2.15. The van der Waals surface area contributed by atoms with Crippen LogP contribution in [-0.2, 0) is 5.75 Å². The second-order valence-corrected chi connectivity index (χ2v) is 8.49. The van der Waals surface area contributed by atoms with E-state index in [1.54, 1.807) is 23.1 Å². The molecule has 1 saturated heterocycles. The van der Waals surface area contributed by atoms with Gasteiger partial charge in [-0.3, -0.25) is 4.79 Å². The van der Waals surface area contributed by atoms with E-state index >= 15 is 0 Å². The van der Waals surface area contributed by atoms with Gasteiger partial charge in [0.05, 0.1) is 4.21 Å². The van der Waals surface area contributed by atoms with Gasteiger partial charge in [0.2, 0.25) is 0 Å². The number of fused-ring (bicyclic) bond motifs is 1. The normalized spacial score (nSPS) is 16.8. The minimum atomic E-state index is -0.00562. The standard InChI is InChI=1S/C19H20N2O2S2.ClH/c20-10-13-7-8-21(11-13)19(22)18-15(12-25-17-6-3-9-24-17)14-4-1-2-5-16(14)23-18;/h1-6,9,13H,7-8,10-12,20H2;1H. The highest BCUT2D eigenvalue weighted by Gasteiger charge is 2.30. The lowest BCUT2D eigenvalue weighted by Crippen LogP contribution is -2.30. The summed E-state index contributed by atoms with van der Waals surface area (Å²) in [6, 6.07) is 12.0. The van der Waals surface area contributed by atoms with Crippen LogP contribution < -0.4 is 5.73 Å². The number of carbonyl (C=O) groups is 1. The molecule has 1 aliphatic rings. The quantitative estimate of drug-likeness (QED) is 0.625. The van der Waals surface area contributed by atoms with Gasteiger partial charge in [-0.2, -0.15) is 0 Å². The topological polar surface area (TPSA) is 59.5 Å². The van der Waals surface area contributed by atoms with Gasteiger partial charge in [-0.1, -0.05) is 24.3 Å². The molecule has 0 radical (unpaired) electrons. The molecular formula is C19H21ClN2O2S2. The molecule has 3 heterocycles. The summed E-state index contributed by atoms with van der Waals surface area (Å²) in [6.45, 7) is 2.12. The number of nitrogens with zero attached hydrogens (tertiary/aromatic N) is 1. The molecule has 2 N–H and O–H groups in total. The minimum absolute atomic E-state index is 0. The number of thiophene rings is 1. The van der Waals surface area contributed by atoms with Crippen LogP contribution in [0.25, 0.3) is 11.0 Å². The number of likely N-dealkylation sites (tertiary alicyclic amines) is 1. The van der Waals surface area contributed by atoms with E-state index in [-0.39, 0.29) is 18.3 Å². The Hall–Kier alpha value is -1.47. The molecule has 3 aromatic rings. The predicted octanol–water partition coefficient (Wildman–Crippen LogP) is 4.63. The molecule has 1 fully saturated rings. The van der Waals surface area contributed by atoms with Gasteiger partial charge in [0.25, 0.3) is 5.91 Å². The van der Waals surface area contributed by atoms with Crippen LogP contribution in [0.2, 0.25) is 0 Å². The number of furan rings is 1. The van der Waals surface area contributed by atoms with Gasteiger partial charge in [0.15, 0.2) is 5.76 Å². The van der Waals surface area contributed by atoms with Crippen molar-refractivity contribution >= 4 is 52.4 Å². The second-order valence-electron chi connectivity index (χ2n) is 6.27. The Balaban J connectivity index is 0.00000196. The maximum absolute atomic E-state index is 13.0. The third-order valence-corrected chi connectivity index (χ3v) is 6.81. The van der Waals surface area contributed by atoms with Crippen LogP contribution in [-0.4, -0.2) is 30.4 Å². The summed E-state index contributed by atoms with van der Waals surface area (Å²) in [7, 11) is 0. The van der Waals surface area contributed by atoms with Crippen LogP contribution in [0.1, 0.15) is 22.5 Å². The number of nitrogens with two attached hydrogens (primary N) is 1. The Morgan fingerprint density at radius 3 is 2.88 bits per heavy atom. The molecule has 0 spiro atoms. The molecule has 4 nitrogen and oxygen atoms in total. The molecular weight excluding hydrogens is 388 g/mol. The third-order valence-electron chi connectivity index (χ3n) is 4.65. The number of hydrogen-bond acceptors (Lipinski definition) is 5. The fourth-order valence-corrected chi connectivity index (χ4v) is 5.07. The van der Waals surface area contributed by atoms with Gasteiger partial charge in [-0.15, -0.1) is 35.5 Å². The summed E-state index contributed by atoms with van der Waals surface area (Å²) >= 11 is 3.46. The summed E-state index contributed by atoms with van der Waals surface area (Å²) in [4.78, 5) is 14.9. The smallest absolute Gasteiger partial charge is 0.289 e. The van der Waals surface area contributed by atoms with Crippen LogP contribution in [0.5, 0.6) is 0 Å². The van der Waals surface area contributed by atoms with Gasteiger partial charge in [0, 0.05) is 29.8 Å². The largest absolute Gasteiger partial charge is 0.451 e. The zero-order valence-electron chi connectivity index (χ0n) is 14.2. The Bertz CT molecular complexity index is 879. The first-order valence-electron chi connectivity index (χ1n) is 8.42. The highest BCUT2D eigenvalue weighted by molar-refractivity contribution is 8.00. The summed E-state index contributed by atoms with van der Waals surface area (Å²) in [5.41, 5.74) is 7.54. The van der Waals surface area contributed by atoms with Gasteiger partial charge in [-0.25, -0.2) is 0 Å². The van der Waals surface area contributed by atoms with Crippen LogP contribution in [0.3, 0.4) is 0 Å². The Morgan fingerprint density at radius 2 is 2.15 bits per heavy atom. The number of rotatable bonds is 5. The number of halogens is 1. The summed E-state index contributed by atoms with van der Waals surface area (Å²) in [5.74, 6) is 1.61. The average Bonchev–Trinajstić information content (AvgIpc) is 3.37. The van der Waals surface area contributed by atoms with Gasteiger partial charge >= 0.3 is 0 Å². The first-order chi connectivity index (χ1) is 12.3.